The number of hydrogen-bond donors (Lipinski definition) is 0. The van der Waals surface area contributed by atoms with Crippen LogP contribution in [0.3, 0.4) is 0 Å². The summed E-state index contributed by atoms with van der Waals surface area (Å²) < 4.78 is 2.19. The minimum atomic E-state index is 0.392. The lowest BCUT2D eigenvalue weighted by atomic mass is 10.0. The molecule has 0 atom stereocenters. The number of halogens is 1. The number of imidazole rings is 1. The van der Waals surface area contributed by atoms with E-state index in [2.05, 4.69) is 15.6 Å². The molecule has 3 rings (SSSR count). The zero-order valence-electron chi connectivity index (χ0n) is 12.2. The molecule has 0 radical (unpaired) electrons. The third-order valence-corrected chi connectivity index (χ3v) is 4.81. The maximum Gasteiger partial charge on any atom is 0.124 e. The van der Waals surface area contributed by atoms with Crippen LogP contribution >= 0.6 is 11.6 Å². The van der Waals surface area contributed by atoms with Gasteiger partial charge in [-0.05, 0) is 30.9 Å². The normalized spacial score (nSPS) is 15.6. The zero-order chi connectivity index (χ0) is 14.7. The van der Waals surface area contributed by atoms with Gasteiger partial charge in [-0.3, -0.25) is 0 Å². The highest BCUT2D eigenvalue weighted by molar-refractivity contribution is 6.16. The lowest BCUT2D eigenvalue weighted by molar-refractivity contribution is 0.459. The Kier molecular flexibility index (Phi) is 4.45. The Bertz CT molecular complexity index is 662. The van der Waals surface area contributed by atoms with E-state index in [1.54, 1.807) is 0 Å². The smallest absolute Gasteiger partial charge is 0.124 e. The quantitative estimate of drug-likeness (QED) is 0.756. The third kappa shape index (κ3) is 2.91. The van der Waals surface area contributed by atoms with Gasteiger partial charge >= 0.3 is 0 Å². The molecule has 110 valence electrons. The Morgan fingerprint density at radius 3 is 2.86 bits per heavy atom. The van der Waals surface area contributed by atoms with E-state index in [-0.39, 0.29) is 0 Å². The summed E-state index contributed by atoms with van der Waals surface area (Å²) in [5, 5.41) is 9.20. The molecule has 1 heterocycles. The maximum absolute atomic E-state index is 9.20. The van der Waals surface area contributed by atoms with Crippen molar-refractivity contribution in [1.29, 1.82) is 5.26 Å². The molecule has 21 heavy (non-hydrogen) atoms. The number of nitrogens with zero attached hydrogens (tertiary/aromatic N) is 3. The van der Waals surface area contributed by atoms with E-state index in [4.69, 9.17) is 11.6 Å². The highest BCUT2D eigenvalue weighted by atomic mass is 35.5. The van der Waals surface area contributed by atoms with Crippen molar-refractivity contribution in [2.75, 3.05) is 0 Å². The first-order valence-corrected chi connectivity index (χ1v) is 8.31. The van der Waals surface area contributed by atoms with Crippen molar-refractivity contribution in [2.24, 2.45) is 5.92 Å². The van der Waals surface area contributed by atoms with Gasteiger partial charge in [0.05, 0.1) is 17.0 Å². The van der Waals surface area contributed by atoms with Gasteiger partial charge in [-0.1, -0.05) is 31.7 Å². The van der Waals surface area contributed by atoms with Crippen molar-refractivity contribution in [1.82, 2.24) is 9.55 Å². The molecule has 1 saturated carbocycles. The van der Waals surface area contributed by atoms with Crippen molar-refractivity contribution in [3.05, 3.63) is 29.6 Å². The van der Waals surface area contributed by atoms with Crippen LogP contribution in [0, 0.1) is 17.2 Å². The number of aromatic nitrogens is 2. The second-order valence-electron chi connectivity index (χ2n) is 5.89. The molecule has 2 aromatic rings. The molecule has 0 bridgehead atoms. The average molecular weight is 302 g/mol. The molecule has 0 aliphatic heterocycles. The van der Waals surface area contributed by atoms with Crippen LogP contribution in [0.1, 0.15) is 49.9 Å². The van der Waals surface area contributed by atoms with E-state index in [0.29, 0.717) is 11.4 Å². The number of rotatable bonds is 5. The van der Waals surface area contributed by atoms with Gasteiger partial charge in [-0.15, -0.1) is 11.6 Å². The Morgan fingerprint density at radius 2 is 2.14 bits per heavy atom. The predicted octanol–water partition coefficient (Wildman–Crippen LogP) is 4.62. The van der Waals surface area contributed by atoms with Gasteiger partial charge < -0.3 is 4.57 Å². The fraction of sp³-hybridized carbons (Fsp3) is 0.529. The van der Waals surface area contributed by atoms with Gasteiger partial charge in [0.1, 0.15) is 17.4 Å². The van der Waals surface area contributed by atoms with Crippen molar-refractivity contribution in [2.45, 2.75) is 50.9 Å². The van der Waals surface area contributed by atoms with E-state index in [1.807, 2.05) is 18.2 Å². The summed E-state index contributed by atoms with van der Waals surface area (Å²) in [5.41, 5.74) is 2.46. The second kappa shape index (κ2) is 6.49. The lowest BCUT2D eigenvalue weighted by Crippen LogP contribution is -2.04. The third-order valence-electron chi connectivity index (χ3n) is 4.57. The SMILES string of the molecule is N#Cc1cccc2c1nc(CCl)n2CCCC1CCCC1. The van der Waals surface area contributed by atoms with Crippen LogP contribution < -0.4 is 0 Å². The largest absolute Gasteiger partial charge is 0.327 e. The number of aryl methyl sites for hydroxylation is 1. The van der Waals surface area contributed by atoms with Gasteiger partial charge in [0.25, 0.3) is 0 Å². The molecule has 3 nitrogen and oxygen atoms in total. The number of benzene rings is 1. The molecule has 1 aliphatic carbocycles. The fourth-order valence-corrected chi connectivity index (χ4v) is 3.68. The Hall–Kier alpha value is -1.53. The monoisotopic (exact) mass is 301 g/mol. The predicted molar refractivity (Wildman–Crippen MR) is 85.2 cm³/mol. The van der Waals surface area contributed by atoms with E-state index < -0.39 is 0 Å². The maximum atomic E-state index is 9.20. The van der Waals surface area contributed by atoms with Gasteiger partial charge in [-0.2, -0.15) is 5.26 Å². The number of fused-ring (bicyclic) bond motifs is 1. The van der Waals surface area contributed by atoms with Crippen LogP contribution in [0.15, 0.2) is 18.2 Å². The van der Waals surface area contributed by atoms with E-state index in [0.717, 1.165) is 35.7 Å². The molecule has 1 aromatic carbocycles. The molecule has 4 heteroatoms. The molecule has 1 aromatic heterocycles. The fourth-order valence-electron chi connectivity index (χ4n) is 3.47. The second-order valence-corrected chi connectivity index (χ2v) is 6.16. The van der Waals surface area contributed by atoms with Crippen LogP contribution in [-0.4, -0.2) is 9.55 Å². The van der Waals surface area contributed by atoms with Crippen molar-refractivity contribution in [3.63, 3.8) is 0 Å². The number of para-hydroxylation sites is 1. The number of alkyl halides is 1. The summed E-state index contributed by atoms with van der Waals surface area (Å²) in [7, 11) is 0. The zero-order valence-corrected chi connectivity index (χ0v) is 12.9. The number of hydrogen-bond acceptors (Lipinski definition) is 2. The molecular formula is C17H20ClN3. The Balaban J connectivity index is 1.81. The number of nitriles is 1. The van der Waals surface area contributed by atoms with E-state index in [9.17, 15) is 5.26 Å². The summed E-state index contributed by atoms with van der Waals surface area (Å²) in [6.07, 6.45) is 8.04. The van der Waals surface area contributed by atoms with Crippen LogP contribution in [-0.2, 0) is 12.4 Å². The van der Waals surface area contributed by atoms with Crippen molar-refractivity contribution >= 4 is 22.6 Å². The first-order valence-electron chi connectivity index (χ1n) is 7.77. The highest BCUT2D eigenvalue weighted by Crippen LogP contribution is 2.29. The minimum absolute atomic E-state index is 0.392. The van der Waals surface area contributed by atoms with E-state index in [1.165, 1.54) is 32.1 Å². The minimum Gasteiger partial charge on any atom is -0.327 e. The van der Waals surface area contributed by atoms with Crippen LogP contribution in [0.4, 0.5) is 0 Å². The standard InChI is InChI=1S/C17H20ClN3/c18-11-16-20-17-14(12-19)8-3-9-15(17)21(16)10-4-7-13-5-1-2-6-13/h3,8-9,13H,1-2,4-7,10-11H2. The van der Waals surface area contributed by atoms with Gasteiger partial charge in [-0.25, -0.2) is 4.98 Å². The summed E-state index contributed by atoms with van der Waals surface area (Å²) in [6.45, 7) is 0.948. The molecule has 0 saturated heterocycles. The first-order chi connectivity index (χ1) is 10.3. The van der Waals surface area contributed by atoms with Crippen molar-refractivity contribution < 1.29 is 0 Å². The summed E-state index contributed by atoms with van der Waals surface area (Å²) in [4.78, 5) is 4.56. The molecule has 0 unspecified atom stereocenters. The molecular weight excluding hydrogens is 282 g/mol. The Morgan fingerprint density at radius 1 is 1.33 bits per heavy atom. The average Bonchev–Trinajstić information content (AvgIpc) is 3.14. The van der Waals surface area contributed by atoms with Gasteiger partial charge in [0, 0.05) is 6.54 Å². The molecule has 1 aliphatic rings. The lowest BCUT2D eigenvalue weighted by Gasteiger charge is -2.11. The molecule has 0 amide bonds. The summed E-state index contributed by atoms with van der Waals surface area (Å²) in [6, 6.07) is 7.99. The first kappa shape index (κ1) is 14.4. The van der Waals surface area contributed by atoms with Gasteiger partial charge in [0.15, 0.2) is 0 Å². The van der Waals surface area contributed by atoms with Crippen LogP contribution in [0.2, 0.25) is 0 Å². The highest BCUT2D eigenvalue weighted by Gasteiger charge is 2.16. The van der Waals surface area contributed by atoms with E-state index >= 15 is 0 Å². The summed E-state index contributed by atoms with van der Waals surface area (Å²) >= 11 is 6.04. The molecule has 0 N–H and O–H groups in total. The Labute approximate surface area is 130 Å². The molecule has 1 fully saturated rings. The topological polar surface area (TPSA) is 41.6 Å². The summed E-state index contributed by atoms with van der Waals surface area (Å²) in [5.74, 6) is 2.18. The van der Waals surface area contributed by atoms with Crippen LogP contribution in [0.5, 0.6) is 0 Å². The van der Waals surface area contributed by atoms with Crippen molar-refractivity contribution in [3.8, 4) is 6.07 Å². The van der Waals surface area contributed by atoms with Crippen LogP contribution in [0.25, 0.3) is 11.0 Å². The molecule has 0 spiro atoms. The van der Waals surface area contributed by atoms with Gasteiger partial charge in [0.2, 0.25) is 0 Å².